The third-order valence-electron chi connectivity index (χ3n) is 4.08. The van der Waals surface area contributed by atoms with Crippen LogP contribution in [-0.2, 0) is 5.41 Å². The highest BCUT2D eigenvalue weighted by atomic mass is 19.3. The molecule has 1 saturated carbocycles. The molecule has 4 nitrogen and oxygen atoms in total. The van der Waals surface area contributed by atoms with Crippen LogP contribution in [0.25, 0.3) is 0 Å². The summed E-state index contributed by atoms with van der Waals surface area (Å²) >= 11 is 0. The molecule has 0 saturated heterocycles. The lowest BCUT2D eigenvalue weighted by atomic mass is 9.68. The highest BCUT2D eigenvalue weighted by Gasteiger charge is 2.44. The summed E-state index contributed by atoms with van der Waals surface area (Å²) in [5.41, 5.74) is 4.79. The minimum Gasteiger partial charge on any atom is -0.330 e. The maximum absolute atomic E-state index is 13.3. The normalized spacial score (nSPS) is 20.6. The van der Waals surface area contributed by atoms with E-state index in [0.717, 1.165) is 12.1 Å². The van der Waals surface area contributed by atoms with E-state index in [1.807, 2.05) is 0 Å². The molecule has 0 bridgehead atoms. The van der Waals surface area contributed by atoms with E-state index in [4.69, 9.17) is 5.73 Å². The molecule has 0 aromatic heterocycles. The number of rotatable bonds is 3. The highest BCUT2D eigenvalue weighted by Crippen LogP contribution is 2.45. The monoisotopic (exact) mass is 288 g/mol. The third-order valence-corrected chi connectivity index (χ3v) is 4.08. The van der Waals surface area contributed by atoms with Crippen molar-refractivity contribution in [2.24, 2.45) is 5.73 Å². The van der Waals surface area contributed by atoms with Crippen molar-refractivity contribution in [1.29, 1.82) is 0 Å². The van der Waals surface area contributed by atoms with E-state index in [-0.39, 0.29) is 32.2 Å². The average molecular weight is 288 g/mol. The van der Waals surface area contributed by atoms with Crippen molar-refractivity contribution in [3.05, 3.63) is 39.7 Å². The Bertz CT molecular complexity index is 524. The number of hydrogen-bond donors (Lipinski definition) is 1. The molecular formula is C13H15F3N2O2. The van der Waals surface area contributed by atoms with Crippen molar-refractivity contribution in [3.63, 3.8) is 0 Å². The molecule has 20 heavy (non-hydrogen) atoms. The van der Waals surface area contributed by atoms with Crippen LogP contribution in [0.1, 0.15) is 31.2 Å². The third kappa shape index (κ3) is 2.63. The Hall–Kier alpha value is -1.63. The van der Waals surface area contributed by atoms with Gasteiger partial charge in [0.2, 0.25) is 11.7 Å². The smallest absolute Gasteiger partial charge is 0.305 e. The van der Waals surface area contributed by atoms with Gasteiger partial charge in [-0.15, -0.1) is 0 Å². The maximum atomic E-state index is 13.3. The fourth-order valence-corrected chi connectivity index (χ4v) is 2.69. The molecule has 110 valence electrons. The first-order chi connectivity index (χ1) is 9.30. The molecule has 0 aliphatic heterocycles. The molecule has 1 aromatic rings. The Morgan fingerprint density at radius 2 is 1.85 bits per heavy atom. The number of nitro benzene ring substituents is 1. The average Bonchev–Trinajstić information content (AvgIpc) is 2.40. The Morgan fingerprint density at radius 1 is 1.25 bits per heavy atom. The van der Waals surface area contributed by atoms with E-state index < -0.39 is 27.8 Å². The van der Waals surface area contributed by atoms with Gasteiger partial charge in [0.1, 0.15) is 0 Å². The van der Waals surface area contributed by atoms with Crippen molar-refractivity contribution in [3.8, 4) is 0 Å². The molecule has 0 radical (unpaired) electrons. The topological polar surface area (TPSA) is 69.2 Å². The molecular weight excluding hydrogens is 273 g/mol. The Morgan fingerprint density at radius 3 is 2.35 bits per heavy atom. The number of nitrogens with two attached hydrogens (primary N) is 1. The number of nitrogens with zero attached hydrogens (tertiary/aromatic N) is 1. The van der Waals surface area contributed by atoms with Gasteiger partial charge in [-0.1, -0.05) is 6.07 Å². The molecule has 1 fully saturated rings. The van der Waals surface area contributed by atoms with E-state index >= 15 is 0 Å². The predicted octanol–water partition coefficient (Wildman–Crippen LogP) is 3.14. The van der Waals surface area contributed by atoms with Gasteiger partial charge in [0.15, 0.2) is 0 Å². The van der Waals surface area contributed by atoms with Gasteiger partial charge >= 0.3 is 5.69 Å². The van der Waals surface area contributed by atoms with Gasteiger partial charge in [-0.2, -0.15) is 4.39 Å². The molecule has 7 heteroatoms. The van der Waals surface area contributed by atoms with E-state index in [9.17, 15) is 23.3 Å². The lowest BCUT2D eigenvalue weighted by Gasteiger charge is -2.39. The van der Waals surface area contributed by atoms with Crippen molar-refractivity contribution >= 4 is 5.69 Å². The summed E-state index contributed by atoms with van der Waals surface area (Å²) in [4.78, 5) is 9.95. The van der Waals surface area contributed by atoms with Crippen LogP contribution in [0, 0.1) is 15.9 Å². The van der Waals surface area contributed by atoms with E-state index in [0.29, 0.717) is 5.56 Å². The SMILES string of the molecule is NCC1(c2ccc(F)c([N+](=O)[O-])c2)CCC(F)(F)CC1. The zero-order chi connectivity index (χ0) is 15.0. The zero-order valence-corrected chi connectivity index (χ0v) is 10.7. The summed E-state index contributed by atoms with van der Waals surface area (Å²) in [6.45, 7) is 0.103. The highest BCUT2D eigenvalue weighted by molar-refractivity contribution is 5.40. The maximum Gasteiger partial charge on any atom is 0.305 e. The minimum absolute atomic E-state index is 0.103. The van der Waals surface area contributed by atoms with Crippen LogP contribution in [-0.4, -0.2) is 17.4 Å². The molecule has 0 heterocycles. The van der Waals surface area contributed by atoms with Crippen molar-refractivity contribution in [2.45, 2.75) is 37.0 Å². The lowest BCUT2D eigenvalue weighted by Crippen LogP contribution is -2.42. The first-order valence-corrected chi connectivity index (χ1v) is 6.32. The van der Waals surface area contributed by atoms with Gasteiger partial charge in [-0.25, -0.2) is 8.78 Å². The van der Waals surface area contributed by atoms with Crippen LogP contribution in [0.2, 0.25) is 0 Å². The summed E-state index contributed by atoms with van der Waals surface area (Å²) in [7, 11) is 0. The summed E-state index contributed by atoms with van der Waals surface area (Å²) in [5, 5.41) is 10.8. The van der Waals surface area contributed by atoms with Crippen LogP contribution in [0.3, 0.4) is 0 Å². The molecule has 1 aliphatic rings. The van der Waals surface area contributed by atoms with Crippen molar-refractivity contribution < 1.29 is 18.1 Å². The van der Waals surface area contributed by atoms with Crippen LogP contribution >= 0.6 is 0 Å². The van der Waals surface area contributed by atoms with Crippen LogP contribution in [0.4, 0.5) is 18.9 Å². The number of nitro groups is 1. The predicted molar refractivity (Wildman–Crippen MR) is 67.2 cm³/mol. The molecule has 0 spiro atoms. The molecule has 2 N–H and O–H groups in total. The molecule has 0 amide bonds. The van der Waals surface area contributed by atoms with Gasteiger partial charge in [0.25, 0.3) is 0 Å². The Balaban J connectivity index is 2.38. The minimum atomic E-state index is -2.72. The van der Waals surface area contributed by atoms with Crippen LogP contribution in [0.5, 0.6) is 0 Å². The summed E-state index contributed by atoms with van der Waals surface area (Å²) in [6.07, 6.45) is -0.344. The van der Waals surface area contributed by atoms with Crippen LogP contribution in [0.15, 0.2) is 18.2 Å². The first-order valence-electron chi connectivity index (χ1n) is 6.32. The summed E-state index contributed by atoms with van der Waals surface area (Å²) in [5.74, 6) is -3.66. The second-order valence-electron chi connectivity index (χ2n) is 5.26. The van der Waals surface area contributed by atoms with Gasteiger partial charge < -0.3 is 5.73 Å². The molecule has 1 aromatic carbocycles. The number of halogens is 3. The zero-order valence-electron chi connectivity index (χ0n) is 10.7. The molecule has 0 atom stereocenters. The second kappa shape index (κ2) is 5.05. The van der Waals surface area contributed by atoms with Crippen LogP contribution < -0.4 is 5.73 Å². The summed E-state index contributed by atoms with van der Waals surface area (Å²) in [6, 6.07) is 3.52. The lowest BCUT2D eigenvalue weighted by molar-refractivity contribution is -0.387. The largest absolute Gasteiger partial charge is 0.330 e. The standard InChI is InChI=1S/C13H15F3N2O2/c14-10-2-1-9(7-11(10)18(19)20)12(8-17)3-5-13(15,16)6-4-12/h1-2,7H,3-6,8,17H2. The molecule has 2 rings (SSSR count). The number of hydrogen-bond acceptors (Lipinski definition) is 3. The number of benzene rings is 1. The molecule has 1 aliphatic carbocycles. The van der Waals surface area contributed by atoms with E-state index in [1.54, 1.807) is 0 Å². The second-order valence-corrected chi connectivity index (χ2v) is 5.26. The van der Waals surface area contributed by atoms with Crippen molar-refractivity contribution in [2.75, 3.05) is 6.54 Å². The number of alkyl halides is 2. The van der Waals surface area contributed by atoms with Gasteiger partial charge in [0.05, 0.1) is 4.92 Å². The summed E-state index contributed by atoms with van der Waals surface area (Å²) < 4.78 is 39.9. The van der Waals surface area contributed by atoms with Gasteiger partial charge in [-0.3, -0.25) is 10.1 Å². The van der Waals surface area contributed by atoms with E-state index in [2.05, 4.69) is 0 Å². The fraction of sp³-hybridized carbons (Fsp3) is 0.538. The Labute approximate surface area is 113 Å². The molecule has 0 unspecified atom stereocenters. The fourth-order valence-electron chi connectivity index (χ4n) is 2.69. The first kappa shape index (κ1) is 14.8. The van der Waals surface area contributed by atoms with Gasteiger partial charge in [-0.05, 0) is 24.5 Å². The quantitative estimate of drug-likeness (QED) is 0.686. The van der Waals surface area contributed by atoms with Crippen molar-refractivity contribution in [1.82, 2.24) is 0 Å². The van der Waals surface area contributed by atoms with Gasteiger partial charge in [0, 0.05) is 30.9 Å². The Kier molecular flexibility index (Phi) is 3.73. The van der Waals surface area contributed by atoms with E-state index in [1.165, 1.54) is 6.07 Å².